The molecule has 7 nitrogen and oxygen atoms in total. The van der Waals surface area contributed by atoms with Crippen molar-refractivity contribution in [2.75, 3.05) is 5.32 Å². The molecular weight excluding hydrogens is 432 g/mol. The smallest absolute Gasteiger partial charge is 0.250 e. The zero-order chi connectivity index (χ0) is 22.8. The number of nitrogens with one attached hydrogen (secondary N) is 1. The molecule has 5 rings (SSSR count). The summed E-state index contributed by atoms with van der Waals surface area (Å²) < 4.78 is 8.08. The number of imidazole rings is 1. The molecule has 1 N–H and O–H groups in total. The van der Waals surface area contributed by atoms with Gasteiger partial charge in [-0.15, -0.1) is 0 Å². The van der Waals surface area contributed by atoms with Gasteiger partial charge in [-0.2, -0.15) is 4.98 Å². The molecule has 0 bridgehead atoms. The molecular formula is C25H24N6OS. The van der Waals surface area contributed by atoms with Crippen LogP contribution in [0.1, 0.15) is 19.4 Å². The molecule has 33 heavy (non-hydrogen) atoms. The Kier molecular flexibility index (Phi) is 5.75. The lowest BCUT2D eigenvalue weighted by Crippen LogP contribution is -2.03. The van der Waals surface area contributed by atoms with E-state index in [1.54, 1.807) is 17.7 Å². The van der Waals surface area contributed by atoms with Crippen molar-refractivity contribution in [3.05, 3.63) is 72.9 Å². The second-order valence-corrected chi connectivity index (χ2v) is 9.27. The van der Waals surface area contributed by atoms with Gasteiger partial charge >= 0.3 is 0 Å². The van der Waals surface area contributed by atoms with Gasteiger partial charge in [0.15, 0.2) is 16.3 Å². The Bertz CT molecular complexity index is 1390. The second-order valence-electron chi connectivity index (χ2n) is 8.24. The van der Waals surface area contributed by atoms with E-state index in [1.807, 2.05) is 47.2 Å². The largest absolute Gasteiger partial charge is 0.437 e. The first-order valence-electron chi connectivity index (χ1n) is 10.8. The quantitative estimate of drug-likeness (QED) is 0.303. The van der Waals surface area contributed by atoms with E-state index >= 15 is 0 Å². The van der Waals surface area contributed by atoms with E-state index in [1.165, 1.54) is 11.9 Å². The summed E-state index contributed by atoms with van der Waals surface area (Å²) in [6.07, 6.45) is 5.20. The highest BCUT2D eigenvalue weighted by Crippen LogP contribution is 2.33. The van der Waals surface area contributed by atoms with Crippen molar-refractivity contribution in [2.24, 2.45) is 5.92 Å². The van der Waals surface area contributed by atoms with E-state index in [0.29, 0.717) is 23.1 Å². The Morgan fingerprint density at radius 1 is 1.00 bits per heavy atom. The molecule has 8 heteroatoms. The van der Waals surface area contributed by atoms with E-state index in [0.717, 1.165) is 33.5 Å². The van der Waals surface area contributed by atoms with Gasteiger partial charge in [-0.3, -0.25) is 0 Å². The molecule has 3 heterocycles. The molecule has 3 aromatic heterocycles. The standard InChI is InChI=1S/C25H24N6OS/c1-16(2)13-31-15-29-22-23(31)27-14-28-24(22)32-19-10-8-18(9-11-19)21-12-26-25(33-21)30-20-7-5-4-6-17(20)3/h4-12,14-16H,13H2,1-3H3,(H,26,30). The van der Waals surface area contributed by atoms with Crippen LogP contribution >= 0.6 is 11.3 Å². The number of aryl methyl sites for hydroxylation is 1. The van der Waals surface area contributed by atoms with Crippen LogP contribution in [0.5, 0.6) is 11.6 Å². The molecule has 0 unspecified atom stereocenters. The van der Waals surface area contributed by atoms with E-state index in [-0.39, 0.29) is 0 Å². The first kappa shape index (κ1) is 21.1. The summed E-state index contributed by atoms with van der Waals surface area (Å²) in [7, 11) is 0. The fourth-order valence-corrected chi connectivity index (χ4v) is 4.39. The molecule has 2 aromatic carbocycles. The summed E-state index contributed by atoms with van der Waals surface area (Å²) in [5, 5.41) is 4.26. The van der Waals surface area contributed by atoms with Gasteiger partial charge in [-0.1, -0.05) is 43.4 Å². The molecule has 5 aromatic rings. The van der Waals surface area contributed by atoms with Crippen molar-refractivity contribution < 1.29 is 4.74 Å². The summed E-state index contributed by atoms with van der Waals surface area (Å²) in [4.78, 5) is 18.8. The third kappa shape index (κ3) is 4.56. The zero-order valence-corrected chi connectivity index (χ0v) is 19.5. The van der Waals surface area contributed by atoms with Crippen molar-refractivity contribution in [1.29, 1.82) is 0 Å². The highest BCUT2D eigenvalue weighted by Gasteiger charge is 2.13. The molecule has 0 fully saturated rings. The van der Waals surface area contributed by atoms with Crippen LogP contribution < -0.4 is 10.1 Å². The minimum Gasteiger partial charge on any atom is -0.437 e. The molecule has 0 aliphatic heterocycles. The number of ether oxygens (including phenoxy) is 1. The van der Waals surface area contributed by atoms with E-state index in [9.17, 15) is 0 Å². The van der Waals surface area contributed by atoms with Crippen molar-refractivity contribution in [3.8, 4) is 22.1 Å². The molecule has 0 aliphatic rings. The first-order valence-corrected chi connectivity index (χ1v) is 11.6. The maximum Gasteiger partial charge on any atom is 0.250 e. The number of hydrogen-bond acceptors (Lipinski definition) is 7. The average Bonchev–Trinajstić information content (AvgIpc) is 3.44. The minimum absolute atomic E-state index is 0.456. The Morgan fingerprint density at radius 3 is 2.61 bits per heavy atom. The number of thiazole rings is 1. The predicted molar refractivity (Wildman–Crippen MR) is 132 cm³/mol. The molecule has 0 saturated carbocycles. The number of para-hydroxylation sites is 1. The fourth-order valence-electron chi connectivity index (χ4n) is 3.55. The highest BCUT2D eigenvalue weighted by atomic mass is 32.1. The fraction of sp³-hybridized carbons (Fsp3) is 0.200. The maximum atomic E-state index is 6.05. The summed E-state index contributed by atoms with van der Waals surface area (Å²) in [6.45, 7) is 7.25. The molecule has 0 atom stereocenters. The van der Waals surface area contributed by atoms with Gasteiger partial charge in [-0.25, -0.2) is 15.0 Å². The lowest BCUT2D eigenvalue weighted by atomic mass is 10.2. The molecule has 0 amide bonds. The van der Waals surface area contributed by atoms with Crippen molar-refractivity contribution in [2.45, 2.75) is 27.3 Å². The van der Waals surface area contributed by atoms with E-state index < -0.39 is 0 Å². The zero-order valence-electron chi connectivity index (χ0n) is 18.7. The first-order chi connectivity index (χ1) is 16.1. The Morgan fingerprint density at radius 2 is 1.82 bits per heavy atom. The summed E-state index contributed by atoms with van der Waals surface area (Å²) in [5.41, 5.74) is 4.77. The molecule has 0 saturated heterocycles. The lowest BCUT2D eigenvalue weighted by Gasteiger charge is -2.08. The molecule has 0 spiro atoms. The maximum absolute atomic E-state index is 6.05. The predicted octanol–water partition coefficient (Wildman–Crippen LogP) is 6.45. The van der Waals surface area contributed by atoms with Gasteiger partial charge in [0.1, 0.15) is 12.1 Å². The van der Waals surface area contributed by atoms with Gasteiger partial charge in [0.2, 0.25) is 0 Å². The summed E-state index contributed by atoms with van der Waals surface area (Å²) >= 11 is 1.61. The Labute approximate surface area is 196 Å². The van der Waals surface area contributed by atoms with Crippen LogP contribution in [0.15, 0.2) is 67.4 Å². The van der Waals surface area contributed by atoms with Crippen LogP contribution in [0, 0.1) is 12.8 Å². The topological polar surface area (TPSA) is 77.8 Å². The van der Waals surface area contributed by atoms with Crippen LogP contribution in [-0.4, -0.2) is 24.5 Å². The number of hydrogen-bond donors (Lipinski definition) is 1. The van der Waals surface area contributed by atoms with Gasteiger partial charge in [0.05, 0.1) is 11.2 Å². The molecule has 0 radical (unpaired) electrons. The summed E-state index contributed by atoms with van der Waals surface area (Å²) in [5.74, 6) is 1.64. The van der Waals surface area contributed by atoms with Crippen molar-refractivity contribution in [1.82, 2.24) is 24.5 Å². The Hall–Kier alpha value is -3.78. The molecule has 0 aliphatic carbocycles. The van der Waals surface area contributed by atoms with Gasteiger partial charge in [0.25, 0.3) is 5.88 Å². The van der Waals surface area contributed by atoms with Crippen LogP contribution in [0.4, 0.5) is 10.8 Å². The molecule has 166 valence electrons. The SMILES string of the molecule is Cc1ccccc1Nc1ncc(-c2ccc(Oc3ncnc4c3ncn4CC(C)C)cc2)s1. The number of aromatic nitrogens is 5. The second kappa shape index (κ2) is 8.99. The monoisotopic (exact) mass is 456 g/mol. The number of rotatable bonds is 7. The number of nitrogens with zero attached hydrogens (tertiary/aromatic N) is 5. The normalized spacial score (nSPS) is 11.3. The number of fused-ring (bicyclic) bond motifs is 1. The number of anilines is 2. The van der Waals surface area contributed by atoms with Gasteiger partial charge in [0, 0.05) is 18.4 Å². The minimum atomic E-state index is 0.456. The van der Waals surface area contributed by atoms with E-state index in [2.05, 4.69) is 58.2 Å². The van der Waals surface area contributed by atoms with Crippen LogP contribution in [-0.2, 0) is 6.54 Å². The van der Waals surface area contributed by atoms with Crippen LogP contribution in [0.3, 0.4) is 0 Å². The Balaban J connectivity index is 1.32. The van der Waals surface area contributed by atoms with Gasteiger partial charge in [-0.05, 0) is 54.3 Å². The summed E-state index contributed by atoms with van der Waals surface area (Å²) in [6, 6.07) is 16.1. The third-order valence-corrected chi connectivity index (χ3v) is 6.14. The number of benzene rings is 2. The lowest BCUT2D eigenvalue weighted by molar-refractivity contribution is 0.467. The van der Waals surface area contributed by atoms with Crippen LogP contribution in [0.25, 0.3) is 21.6 Å². The van der Waals surface area contributed by atoms with Crippen molar-refractivity contribution >= 4 is 33.3 Å². The van der Waals surface area contributed by atoms with Crippen LogP contribution in [0.2, 0.25) is 0 Å². The van der Waals surface area contributed by atoms with Crippen molar-refractivity contribution in [3.63, 3.8) is 0 Å². The van der Waals surface area contributed by atoms with E-state index in [4.69, 9.17) is 4.74 Å². The third-order valence-electron chi connectivity index (χ3n) is 5.18. The highest BCUT2D eigenvalue weighted by molar-refractivity contribution is 7.18. The average molecular weight is 457 g/mol. The van der Waals surface area contributed by atoms with Gasteiger partial charge < -0.3 is 14.6 Å².